The summed E-state index contributed by atoms with van der Waals surface area (Å²) in [7, 11) is 1.80. The highest BCUT2D eigenvalue weighted by Gasteiger charge is 2.12. The largest absolute Gasteiger partial charge is 0.378 e. The highest BCUT2D eigenvalue weighted by Crippen LogP contribution is 2.20. The maximum atomic E-state index is 5.92. The van der Waals surface area contributed by atoms with E-state index in [1.54, 1.807) is 18.4 Å². The molecule has 1 heterocycles. The summed E-state index contributed by atoms with van der Waals surface area (Å²) in [5, 5.41) is 7.73. The van der Waals surface area contributed by atoms with Gasteiger partial charge in [-0.05, 0) is 26.2 Å². The fourth-order valence-corrected chi connectivity index (χ4v) is 3.37. The zero-order valence-corrected chi connectivity index (χ0v) is 14.5. The van der Waals surface area contributed by atoms with Crippen molar-refractivity contribution in [3.63, 3.8) is 0 Å². The molecule has 0 unspecified atom stereocenters. The van der Waals surface area contributed by atoms with Crippen LogP contribution in [-0.2, 0) is 11.3 Å². The topological polar surface area (TPSA) is 58.5 Å². The first-order chi connectivity index (χ1) is 10.8. The summed E-state index contributed by atoms with van der Waals surface area (Å²) in [6.45, 7) is 4.51. The molecule has 22 heavy (non-hydrogen) atoms. The van der Waals surface area contributed by atoms with Crippen LogP contribution in [0.4, 0.5) is 0 Å². The molecule has 1 aromatic rings. The van der Waals surface area contributed by atoms with Gasteiger partial charge < -0.3 is 15.4 Å². The number of rotatable bonds is 7. The van der Waals surface area contributed by atoms with Gasteiger partial charge in [-0.2, -0.15) is 0 Å². The third-order valence-corrected chi connectivity index (χ3v) is 4.75. The Morgan fingerprint density at radius 2 is 2.18 bits per heavy atom. The van der Waals surface area contributed by atoms with E-state index in [9.17, 15) is 0 Å². The fourth-order valence-electron chi connectivity index (χ4n) is 2.64. The molecule has 0 amide bonds. The molecule has 0 radical (unpaired) electrons. The van der Waals surface area contributed by atoms with Crippen molar-refractivity contribution in [2.45, 2.75) is 58.1 Å². The Morgan fingerprint density at radius 1 is 1.36 bits per heavy atom. The van der Waals surface area contributed by atoms with Crippen molar-refractivity contribution in [1.82, 2.24) is 15.6 Å². The Labute approximate surface area is 137 Å². The predicted molar refractivity (Wildman–Crippen MR) is 92.5 cm³/mol. The van der Waals surface area contributed by atoms with Crippen molar-refractivity contribution >= 4 is 17.3 Å². The summed E-state index contributed by atoms with van der Waals surface area (Å²) < 4.78 is 5.92. The molecule has 0 atom stereocenters. The first-order valence-corrected chi connectivity index (χ1v) is 9.07. The average molecular weight is 324 g/mol. The molecule has 5 nitrogen and oxygen atoms in total. The molecule has 1 saturated carbocycles. The molecule has 0 aliphatic heterocycles. The van der Waals surface area contributed by atoms with E-state index >= 15 is 0 Å². The van der Waals surface area contributed by atoms with Gasteiger partial charge in [0.25, 0.3) is 0 Å². The monoisotopic (exact) mass is 324 g/mol. The van der Waals surface area contributed by atoms with Crippen LogP contribution in [-0.4, -0.2) is 37.2 Å². The van der Waals surface area contributed by atoms with E-state index < -0.39 is 0 Å². The number of thiazole rings is 1. The zero-order valence-electron chi connectivity index (χ0n) is 13.7. The smallest absolute Gasteiger partial charge is 0.191 e. The predicted octanol–water partition coefficient (Wildman–Crippen LogP) is 2.86. The third-order valence-electron chi connectivity index (χ3n) is 3.84. The molecule has 0 saturated heterocycles. The second-order valence-electron chi connectivity index (χ2n) is 5.68. The Hall–Kier alpha value is -1.14. The van der Waals surface area contributed by atoms with Crippen LogP contribution in [0.5, 0.6) is 0 Å². The lowest BCUT2D eigenvalue weighted by atomic mass is 9.98. The molecule has 1 aromatic heterocycles. The Balaban J connectivity index is 1.54. The molecule has 1 aliphatic carbocycles. The van der Waals surface area contributed by atoms with Crippen LogP contribution >= 0.6 is 11.3 Å². The first-order valence-electron chi connectivity index (χ1n) is 8.25. The molecule has 2 N–H and O–H groups in total. The second kappa shape index (κ2) is 9.79. The van der Waals surface area contributed by atoms with Gasteiger partial charge in [-0.25, -0.2) is 4.98 Å². The van der Waals surface area contributed by atoms with Gasteiger partial charge in [-0.3, -0.25) is 4.99 Å². The Morgan fingerprint density at radius 3 is 2.86 bits per heavy atom. The molecule has 124 valence electrons. The first kappa shape index (κ1) is 17.2. The van der Waals surface area contributed by atoms with Crippen LogP contribution in [0.25, 0.3) is 0 Å². The minimum absolute atomic E-state index is 0.501. The maximum Gasteiger partial charge on any atom is 0.191 e. The van der Waals surface area contributed by atoms with E-state index in [1.165, 1.54) is 37.0 Å². The van der Waals surface area contributed by atoms with E-state index in [2.05, 4.69) is 20.6 Å². The molecular formula is C16H28N4OS. The average Bonchev–Trinajstić information content (AvgIpc) is 2.96. The van der Waals surface area contributed by atoms with Gasteiger partial charge in [-0.1, -0.05) is 19.3 Å². The van der Waals surface area contributed by atoms with E-state index in [0.717, 1.165) is 37.1 Å². The standard InChI is InChI=1S/C16H28N4OS/c1-13-19-11-15(22-13)12-20-16(17-2)18-9-6-10-21-14-7-4-3-5-8-14/h11,14H,3-10,12H2,1-2H3,(H2,17,18,20). The fraction of sp³-hybridized carbons (Fsp3) is 0.750. The molecule has 0 spiro atoms. The number of aryl methyl sites for hydroxylation is 1. The van der Waals surface area contributed by atoms with Gasteiger partial charge in [0.05, 0.1) is 17.7 Å². The van der Waals surface area contributed by atoms with Gasteiger partial charge in [-0.15, -0.1) is 11.3 Å². The number of guanidine groups is 1. The van der Waals surface area contributed by atoms with Gasteiger partial charge in [0, 0.05) is 31.3 Å². The van der Waals surface area contributed by atoms with Gasteiger partial charge in [0.2, 0.25) is 0 Å². The lowest BCUT2D eigenvalue weighted by Crippen LogP contribution is -2.37. The summed E-state index contributed by atoms with van der Waals surface area (Å²) in [6, 6.07) is 0. The van der Waals surface area contributed by atoms with E-state index in [-0.39, 0.29) is 0 Å². The lowest BCUT2D eigenvalue weighted by molar-refractivity contribution is 0.0277. The minimum atomic E-state index is 0.501. The number of aromatic nitrogens is 1. The van der Waals surface area contributed by atoms with Crippen molar-refractivity contribution in [2.24, 2.45) is 4.99 Å². The molecule has 0 bridgehead atoms. The highest BCUT2D eigenvalue weighted by molar-refractivity contribution is 7.11. The van der Waals surface area contributed by atoms with E-state index in [4.69, 9.17) is 4.74 Å². The summed E-state index contributed by atoms with van der Waals surface area (Å²) in [5.41, 5.74) is 0. The van der Waals surface area contributed by atoms with Crippen molar-refractivity contribution in [3.05, 3.63) is 16.1 Å². The highest BCUT2D eigenvalue weighted by atomic mass is 32.1. The summed E-state index contributed by atoms with van der Waals surface area (Å²) in [4.78, 5) is 9.71. The number of hydrogen-bond donors (Lipinski definition) is 2. The van der Waals surface area contributed by atoms with Crippen molar-refractivity contribution < 1.29 is 4.74 Å². The van der Waals surface area contributed by atoms with Crippen molar-refractivity contribution in [3.8, 4) is 0 Å². The normalized spacial score (nSPS) is 16.7. The lowest BCUT2D eigenvalue weighted by Gasteiger charge is -2.22. The molecule has 1 fully saturated rings. The maximum absolute atomic E-state index is 5.92. The van der Waals surface area contributed by atoms with E-state index in [0.29, 0.717) is 6.10 Å². The number of aliphatic imine (C=N–C) groups is 1. The Bertz CT molecular complexity index is 455. The van der Waals surface area contributed by atoms with Gasteiger partial charge in [0.1, 0.15) is 0 Å². The third kappa shape index (κ3) is 6.32. The number of ether oxygens (including phenoxy) is 1. The Kier molecular flexibility index (Phi) is 7.66. The quantitative estimate of drug-likeness (QED) is 0.460. The van der Waals surface area contributed by atoms with Gasteiger partial charge in [0.15, 0.2) is 5.96 Å². The summed E-state index contributed by atoms with van der Waals surface area (Å²) >= 11 is 1.71. The molecular weight excluding hydrogens is 296 g/mol. The van der Waals surface area contributed by atoms with Crippen LogP contribution in [0.3, 0.4) is 0 Å². The summed E-state index contributed by atoms with van der Waals surface area (Å²) in [6.07, 6.45) is 9.95. The number of hydrogen-bond acceptors (Lipinski definition) is 4. The SMILES string of the molecule is CN=C(NCCCOC1CCCCC1)NCc1cnc(C)s1. The number of nitrogens with one attached hydrogen (secondary N) is 2. The zero-order chi connectivity index (χ0) is 15.6. The van der Waals surface area contributed by atoms with Crippen LogP contribution in [0.2, 0.25) is 0 Å². The van der Waals surface area contributed by atoms with E-state index in [1.807, 2.05) is 13.1 Å². The van der Waals surface area contributed by atoms with Crippen LogP contribution < -0.4 is 10.6 Å². The second-order valence-corrected chi connectivity index (χ2v) is 7.00. The minimum Gasteiger partial charge on any atom is -0.378 e. The van der Waals surface area contributed by atoms with Crippen molar-refractivity contribution in [1.29, 1.82) is 0 Å². The number of nitrogens with zero attached hydrogens (tertiary/aromatic N) is 2. The molecule has 0 aromatic carbocycles. The van der Waals surface area contributed by atoms with Crippen LogP contribution in [0.15, 0.2) is 11.2 Å². The molecule has 2 rings (SSSR count). The molecule has 1 aliphatic rings. The van der Waals surface area contributed by atoms with Gasteiger partial charge >= 0.3 is 0 Å². The van der Waals surface area contributed by atoms with Crippen molar-refractivity contribution in [2.75, 3.05) is 20.2 Å². The van der Waals surface area contributed by atoms with Crippen LogP contribution in [0, 0.1) is 6.92 Å². The summed E-state index contributed by atoms with van der Waals surface area (Å²) in [5.74, 6) is 0.837. The molecule has 6 heteroatoms. The van der Waals surface area contributed by atoms with Crippen LogP contribution in [0.1, 0.15) is 48.4 Å².